The van der Waals surface area contributed by atoms with Gasteiger partial charge in [0.05, 0.1) is 11.9 Å². The molecule has 0 atom stereocenters. The second kappa shape index (κ2) is 4.13. The van der Waals surface area contributed by atoms with Gasteiger partial charge in [-0.25, -0.2) is 4.98 Å². The molecule has 0 saturated heterocycles. The molecule has 0 aliphatic rings. The number of nitrogens with one attached hydrogen (secondary N) is 2. The normalized spacial score (nSPS) is 10.7. The third kappa shape index (κ3) is 2.08. The van der Waals surface area contributed by atoms with Gasteiger partial charge in [0.2, 0.25) is 5.82 Å². The van der Waals surface area contributed by atoms with Gasteiger partial charge in [-0.05, 0) is 13.8 Å². The maximum absolute atomic E-state index is 11.6. The van der Waals surface area contributed by atoms with Gasteiger partial charge in [0.25, 0.3) is 5.91 Å². The summed E-state index contributed by atoms with van der Waals surface area (Å²) in [5.41, 5.74) is 0.634. The molecule has 1 amide bonds. The smallest absolute Gasteiger partial charge is 0.293 e. The van der Waals surface area contributed by atoms with E-state index in [2.05, 4.69) is 25.6 Å². The monoisotopic (exact) mass is 220 g/mol. The summed E-state index contributed by atoms with van der Waals surface area (Å²) in [5.74, 6) is -0.155. The molecule has 0 saturated carbocycles. The van der Waals surface area contributed by atoms with Crippen LogP contribution >= 0.6 is 0 Å². The summed E-state index contributed by atoms with van der Waals surface area (Å²) in [4.78, 5) is 15.3. The summed E-state index contributed by atoms with van der Waals surface area (Å²) in [6.07, 6.45) is 4.64. The van der Waals surface area contributed by atoms with Crippen molar-refractivity contribution >= 4 is 11.6 Å². The van der Waals surface area contributed by atoms with Gasteiger partial charge in [-0.1, -0.05) is 0 Å². The average Bonchev–Trinajstić information content (AvgIpc) is 2.87. The van der Waals surface area contributed by atoms with Crippen LogP contribution in [0, 0.1) is 0 Å². The molecule has 0 radical (unpaired) electrons. The van der Waals surface area contributed by atoms with Crippen LogP contribution in [0.3, 0.4) is 0 Å². The van der Waals surface area contributed by atoms with E-state index in [-0.39, 0.29) is 17.8 Å². The van der Waals surface area contributed by atoms with Gasteiger partial charge in [-0.15, -0.1) is 0 Å². The van der Waals surface area contributed by atoms with E-state index in [0.717, 1.165) is 0 Å². The summed E-state index contributed by atoms with van der Waals surface area (Å²) in [7, 11) is 0. The summed E-state index contributed by atoms with van der Waals surface area (Å²) < 4.78 is 1.76. The predicted molar refractivity (Wildman–Crippen MR) is 56.9 cm³/mol. The highest BCUT2D eigenvalue weighted by Gasteiger charge is 2.10. The molecule has 2 aromatic rings. The van der Waals surface area contributed by atoms with Crippen LogP contribution in [0.1, 0.15) is 30.5 Å². The van der Waals surface area contributed by atoms with Crippen molar-refractivity contribution < 1.29 is 4.79 Å². The molecular weight excluding hydrogens is 208 g/mol. The number of anilines is 1. The molecule has 7 nitrogen and oxygen atoms in total. The average molecular weight is 220 g/mol. The number of carbonyl (C=O) groups excluding carboxylic acids is 1. The van der Waals surface area contributed by atoms with E-state index in [4.69, 9.17) is 0 Å². The van der Waals surface area contributed by atoms with Gasteiger partial charge in [-0.2, -0.15) is 10.2 Å². The van der Waals surface area contributed by atoms with Gasteiger partial charge in [0.1, 0.15) is 6.33 Å². The van der Waals surface area contributed by atoms with Gasteiger partial charge < -0.3 is 5.32 Å². The van der Waals surface area contributed by atoms with Gasteiger partial charge in [0, 0.05) is 12.2 Å². The Morgan fingerprint density at radius 1 is 1.56 bits per heavy atom. The Labute approximate surface area is 91.9 Å². The van der Waals surface area contributed by atoms with E-state index < -0.39 is 0 Å². The zero-order valence-electron chi connectivity index (χ0n) is 9.01. The van der Waals surface area contributed by atoms with Crippen molar-refractivity contribution in [1.29, 1.82) is 0 Å². The third-order valence-corrected chi connectivity index (χ3v) is 2.02. The van der Waals surface area contributed by atoms with Crippen LogP contribution in [-0.4, -0.2) is 30.9 Å². The lowest BCUT2D eigenvalue weighted by molar-refractivity contribution is 0.101. The van der Waals surface area contributed by atoms with E-state index in [1.54, 1.807) is 17.1 Å². The number of carbonyl (C=O) groups is 1. The predicted octanol–water partition coefficient (Wildman–Crippen LogP) is 0.834. The molecule has 2 rings (SSSR count). The van der Waals surface area contributed by atoms with E-state index in [1.807, 2.05) is 13.8 Å². The Bertz CT molecular complexity index is 472. The fourth-order valence-corrected chi connectivity index (χ4v) is 1.19. The molecule has 0 aliphatic carbocycles. The molecule has 2 N–H and O–H groups in total. The van der Waals surface area contributed by atoms with E-state index >= 15 is 0 Å². The number of nitrogens with zero attached hydrogens (tertiary/aromatic N) is 4. The number of aromatic nitrogens is 5. The molecule has 0 fully saturated rings. The summed E-state index contributed by atoms with van der Waals surface area (Å²) in [6, 6.07) is 0.260. The molecule has 0 bridgehead atoms. The van der Waals surface area contributed by atoms with Crippen molar-refractivity contribution in [3.8, 4) is 0 Å². The molecule has 16 heavy (non-hydrogen) atoms. The topological polar surface area (TPSA) is 88.5 Å². The first-order valence-corrected chi connectivity index (χ1v) is 4.87. The minimum atomic E-state index is -0.333. The zero-order chi connectivity index (χ0) is 11.5. The van der Waals surface area contributed by atoms with Crippen molar-refractivity contribution in [1.82, 2.24) is 25.0 Å². The molecule has 0 unspecified atom stereocenters. The van der Waals surface area contributed by atoms with Crippen molar-refractivity contribution in [2.75, 3.05) is 5.32 Å². The Balaban J connectivity index is 2.07. The van der Waals surface area contributed by atoms with Crippen molar-refractivity contribution in [3.05, 3.63) is 24.5 Å². The fourth-order valence-electron chi connectivity index (χ4n) is 1.19. The lowest BCUT2D eigenvalue weighted by Crippen LogP contribution is -2.13. The molecule has 0 spiro atoms. The number of hydrogen-bond donors (Lipinski definition) is 2. The molecule has 84 valence electrons. The molecule has 7 heteroatoms. The lowest BCUT2D eigenvalue weighted by atomic mass is 10.4. The van der Waals surface area contributed by atoms with Gasteiger partial charge in [-0.3, -0.25) is 14.6 Å². The van der Waals surface area contributed by atoms with Gasteiger partial charge in [0.15, 0.2) is 0 Å². The zero-order valence-corrected chi connectivity index (χ0v) is 9.01. The van der Waals surface area contributed by atoms with E-state index in [1.165, 1.54) is 6.33 Å². The van der Waals surface area contributed by atoms with Crippen LogP contribution in [0.4, 0.5) is 5.69 Å². The first kappa shape index (κ1) is 10.3. The minimum Gasteiger partial charge on any atom is -0.317 e. The highest BCUT2D eigenvalue weighted by molar-refractivity contribution is 6.01. The number of hydrogen-bond acceptors (Lipinski definition) is 4. The fraction of sp³-hybridized carbons (Fsp3) is 0.333. The lowest BCUT2D eigenvalue weighted by Gasteiger charge is -2.03. The largest absolute Gasteiger partial charge is 0.317 e. The number of H-pyrrole nitrogens is 1. The summed E-state index contributed by atoms with van der Waals surface area (Å²) >= 11 is 0. The maximum atomic E-state index is 11.6. The van der Waals surface area contributed by atoms with E-state index in [0.29, 0.717) is 5.69 Å². The van der Waals surface area contributed by atoms with Crippen LogP contribution in [0.5, 0.6) is 0 Å². The third-order valence-electron chi connectivity index (χ3n) is 2.02. The van der Waals surface area contributed by atoms with Gasteiger partial charge >= 0.3 is 0 Å². The number of amides is 1. The first-order chi connectivity index (χ1) is 7.66. The molecule has 0 aliphatic heterocycles. The van der Waals surface area contributed by atoms with Crippen LogP contribution < -0.4 is 5.32 Å². The number of rotatable bonds is 3. The van der Waals surface area contributed by atoms with E-state index in [9.17, 15) is 4.79 Å². The Morgan fingerprint density at radius 2 is 2.38 bits per heavy atom. The molecule has 2 aromatic heterocycles. The van der Waals surface area contributed by atoms with Crippen molar-refractivity contribution in [2.45, 2.75) is 19.9 Å². The molecular formula is C9H12N6O. The quantitative estimate of drug-likeness (QED) is 0.802. The number of aromatic amines is 1. The van der Waals surface area contributed by atoms with Crippen LogP contribution in [0.15, 0.2) is 18.7 Å². The summed E-state index contributed by atoms with van der Waals surface area (Å²) in [5, 5.41) is 12.9. The highest BCUT2D eigenvalue weighted by Crippen LogP contribution is 2.10. The minimum absolute atomic E-state index is 0.178. The van der Waals surface area contributed by atoms with Crippen LogP contribution in [0.25, 0.3) is 0 Å². The second-order valence-electron chi connectivity index (χ2n) is 3.59. The van der Waals surface area contributed by atoms with Crippen LogP contribution in [-0.2, 0) is 0 Å². The Morgan fingerprint density at radius 3 is 2.94 bits per heavy atom. The van der Waals surface area contributed by atoms with Crippen LogP contribution in [0.2, 0.25) is 0 Å². The first-order valence-electron chi connectivity index (χ1n) is 4.87. The molecule has 2 heterocycles. The highest BCUT2D eigenvalue weighted by atomic mass is 16.2. The Hall–Kier alpha value is -2.18. The summed E-state index contributed by atoms with van der Waals surface area (Å²) in [6.45, 7) is 4.02. The van der Waals surface area contributed by atoms with Crippen molar-refractivity contribution in [2.24, 2.45) is 0 Å². The second-order valence-corrected chi connectivity index (χ2v) is 3.59. The Kier molecular flexibility index (Phi) is 2.67. The van der Waals surface area contributed by atoms with Crippen molar-refractivity contribution in [3.63, 3.8) is 0 Å². The standard InChI is InChI=1S/C9H12N6O/c1-6(2)15-4-7(3-12-15)13-9(16)8-10-5-11-14-8/h3-6H,1-2H3,(H,13,16)(H,10,11,14). The SMILES string of the molecule is CC(C)n1cc(NC(=O)c2ncn[nH]2)cn1. The maximum Gasteiger partial charge on any atom is 0.293 e. The molecule has 0 aromatic carbocycles.